The standard InChI is InChI=1S/C7H8N2O3S/c8-9-7(10)5-2-1-3-6(4-5)13(11)12/h1-4H,8H2,(H,9,10)(H,11,12)/p-1. The van der Waals surface area contributed by atoms with Crippen LogP contribution in [-0.4, -0.2) is 14.7 Å². The molecule has 0 saturated carbocycles. The zero-order valence-electron chi connectivity index (χ0n) is 6.52. The molecule has 3 N–H and O–H groups in total. The predicted octanol–water partition coefficient (Wildman–Crippen LogP) is -0.472. The van der Waals surface area contributed by atoms with Crippen molar-refractivity contribution in [1.82, 2.24) is 5.43 Å². The normalized spacial score (nSPS) is 12.2. The summed E-state index contributed by atoms with van der Waals surface area (Å²) >= 11 is -2.33. The number of hydrazine groups is 1. The maximum Gasteiger partial charge on any atom is 0.265 e. The molecule has 0 fully saturated rings. The van der Waals surface area contributed by atoms with Crippen molar-refractivity contribution in [3.05, 3.63) is 29.8 Å². The van der Waals surface area contributed by atoms with Crippen LogP contribution in [0.3, 0.4) is 0 Å². The summed E-state index contributed by atoms with van der Waals surface area (Å²) in [6, 6.07) is 5.57. The molecule has 1 aromatic rings. The first kappa shape index (κ1) is 9.85. The van der Waals surface area contributed by atoms with Gasteiger partial charge in [-0.1, -0.05) is 6.07 Å². The number of hydrogen-bond donors (Lipinski definition) is 2. The fourth-order valence-corrected chi connectivity index (χ4v) is 1.24. The lowest BCUT2D eigenvalue weighted by atomic mass is 10.2. The summed E-state index contributed by atoms with van der Waals surface area (Å²) in [5.74, 6) is 4.36. The number of carbonyl (C=O) groups is 1. The first-order valence-corrected chi connectivity index (χ1v) is 4.43. The van der Waals surface area contributed by atoms with Gasteiger partial charge in [-0.2, -0.15) is 0 Å². The maximum absolute atomic E-state index is 11.0. The number of rotatable bonds is 2. The highest BCUT2D eigenvalue weighted by Crippen LogP contribution is 2.07. The van der Waals surface area contributed by atoms with E-state index < -0.39 is 17.0 Å². The number of nitrogen functional groups attached to an aromatic ring is 1. The molecule has 0 radical (unpaired) electrons. The smallest absolute Gasteiger partial charge is 0.265 e. The van der Waals surface area contributed by atoms with Crippen LogP contribution < -0.4 is 11.3 Å². The van der Waals surface area contributed by atoms with Crippen molar-refractivity contribution in [2.75, 3.05) is 0 Å². The van der Waals surface area contributed by atoms with Gasteiger partial charge in [0.25, 0.3) is 5.91 Å². The van der Waals surface area contributed by atoms with Crippen molar-refractivity contribution in [3.63, 3.8) is 0 Å². The van der Waals surface area contributed by atoms with Crippen molar-refractivity contribution < 1.29 is 13.6 Å². The van der Waals surface area contributed by atoms with Gasteiger partial charge < -0.3 is 4.55 Å². The fourth-order valence-electron chi connectivity index (χ4n) is 0.824. The number of amides is 1. The lowest BCUT2D eigenvalue weighted by Gasteiger charge is -2.06. The number of hydrogen-bond acceptors (Lipinski definition) is 4. The van der Waals surface area contributed by atoms with Gasteiger partial charge in [0.2, 0.25) is 0 Å². The molecule has 70 valence electrons. The minimum atomic E-state index is -2.33. The van der Waals surface area contributed by atoms with E-state index in [0.29, 0.717) is 0 Å². The zero-order valence-corrected chi connectivity index (χ0v) is 7.34. The van der Waals surface area contributed by atoms with Crippen LogP contribution in [0.5, 0.6) is 0 Å². The van der Waals surface area contributed by atoms with E-state index in [1.165, 1.54) is 24.3 Å². The first-order valence-electron chi connectivity index (χ1n) is 3.35. The summed E-state index contributed by atoms with van der Waals surface area (Å²) in [6.45, 7) is 0. The largest absolute Gasteiger partial charge is 0.768 e. The van der Waals surface area contributed by atoms with E-state index in [-0.39, 0.29) is 10.5 Å². The van der Waals surface area contributed by atoms with Gasteiger partial charge >= 0.3 is 0 Å². The van der Waals surface area contributed by atoms with Crippen LogP contribution in [0.4, 0.5) is 0 Å². The van der Waals surface area contributed by atoms with E-state index in [0.717, 1.165) is 0 Å². The summed E-state index contributed by atoms with van der Waals surface area (Å²) in [5, 5.41) is 0. The summed E-state index contributed by atoms with van der Waals surface area (Å²) in [5.41, 5.74) is 2.12. The van der Waals surface area contributed by atoms with Gasteiger partial charge in [-0.05, 0) is 29.3 Å². The Morgan fingerprint density at radius 3 is 2.77 bits per heavy atom. The molecule has 0 aliphatic carbocycles. The molecule has 0 aliphatic rings. The molecule has 1 amide bonds. The van der Waals surface area contributed by atoms with Crippen molar-refractivity contribution >= 4 is 17.0 Å². The Labute approximate surface area is 77.2 Å². The average molecular weight is 199 g/mol. The summed E-state index contributed by atoms with van der Waals surface area (Å²) in [7, 11) is 0. The van der Waals surface area contributed by atoms with Gasteiger partial charge in [0.15, 0.2) is 0 Å². The van der Waals surface area contributed by atoms with Gasteiger partial charge in [0.1, 0.15) is 0 Å². The van der Waals surface area contributed by atoms with Crippen molar-refractivity contribution in [3.8, 4) is 0 Å². The molecule has 1 atom stereocenters. The van der Waals surface area contributed by atoms with Crippen LogP contribution in [0, 0.1) is 0 Å². The number of nitrogens with two attached hydrogens (primary N) is 1. The van der Waals surface area contributed by atoms with Crippen molar-refractivity contribution in [2.24, 2.45) is 5.84 Å². The van der Waals surface area contributed by atoms with Crippen LogP contribution >= 0.6 is 0 Å². The molecule has 0 aromatic heterocycles. The third kappa shape index (κ3) is 2.35. The fraction of sp³-hybridized carbons (Fsp3) is 0. The molecule has 6 heteroatoms. The Kier molecular flexibility index (Phi) is 3.13. The Morgan fingerprint density at radius 2 is 2.23 bits per heavy atom. The second kappa shape index (κ2) is 4.13. The van der Waals surface area contributed by atoms with E-state index in [1.807, 2.05) is 5.43 Å². The number of benzene rings is 1. The lowest BCUT2D eigenvalue weighted by Crippen LogP contribution is -2.29. The molecule has 1 rings (SSSR count). The highest BCUT2D eigenvalue weighted by molar-refractivity contribution is 7.79. The number of carbonyl (C=O) groups excluding carboxylic acids is 1. The van der Waals surface area contributed by atoms with Crippen LogP contribution in [0.2, 0.25) is 0 Å². The lowest BCUT2D eigenvalue weighted by molar-refractivity contribution is 0.0953. The molecule has 5 nitrogen and oxygen atoms in total. The molecule has 13 heavy (non-hydrogen) atoms. The Morgan fingerprint density at radius 1 is 1.54 bits per heavy atom. The van der Waals surface area contributed by atoms with E-state index >= 15 is 0 Å². The SMILES string of the molecule is NNC(=O)c1cccc(S(=O)[O-])c1. The summed E-state index contributed by atoms with van der Waals surface area (Å²) in [6.07, 6.45) is 0. The second-order valence-electron chi connectivity index (χ2n) is 2.24. The molecule has 0 bridgehead atoms. The third-order valence-corrected chi connectivity index (χ3v) is 2.06. The maximum atomic E-state index is 11.0. The predicted molar refractivity (Wildman–Crippen MR) is 45.3 cm³/mol. The van der Waals surface area contributed by atoms with E-state index in [2.05, 4.69) is 0 Å². The highest BCUT2D eigenvalue weighted by atomic mass is 32.2. The minimum absolute atomic E-state index is 0.0566. The van der Waals surface area contributed by atoms with Crippen molar-refractivity contribution in [2.45, 2.75) is 4.90 Å². The van der Waals surface area contributed by atoms with Crippen molar-refractivity contribution in [1.29, 1.82) is 0 Å². The zero-order chi connectivity index (χ0) is 9.84. The highest BCUT2D eigenvalue weighted by Gasteiger charge is 2.03. The quantitative estimate of drug-likeness (QED) is 0.291. The molecule has 1 aromatic carbocycles. The Bertz CT molecular complexity index is 353. The van der Waals surface area contributed by atoms with E-state index in [9.17, 15) is 13.6 Å². The Balaban J connectivity index is 3.05. The summed E-state index contributed by atoms with van der Waals surface area (Å²) in [4.78, 5) is 11.0. The molecule has 0 spiro atoms. The van der Waals surface area contributed by atoms with Crippen LogP contribution in [0.25, 0.3) is 0 Å². The summed E-state index contributed by atoms with van der Waals surface area (Å²) < 4.78 is 21.0. The van der Waals surface area contributed by atoms with Gasteiger partial charge in [-0.3, -0.25) is 14.4 Å². The molecular weight excluding hydrogens is 192 g/mol. The molecule has 0 saturated heterocycles. The van der Waals surface area contributed by atoms with Gasteiger partial charge in [0, 0.05) is 10.5 Å². The average Bonchev–Trinajstić information content (AvgIpc) is 2.17. The van der Waals surface area contributed by atoms with Gasteiger partial charge in [-0.25, -0.2) is 5.84 Å². The molecule has 0 heterocycles. The van der Waals surface area contributed by atoms with E-state index in [4.69, 9.17) is 5.84 Å². The topological polar surface area (TPSA) is 95.2 Å². The van der Waals surface area contributed by atoms with Crippen LogP contribution in [0.1, 0.15) is 10.4 Å². The second-order valence-corrected chi connectivity index (χ2v) is 3.18. The van der Waals surface area contributed by atoms with Crippen LogP contribution in [0.15, 0.2) is 29.2 Å². The Hall–Kier alpha value is -1.24. The molecular formula is C7H7N2O3S-. The van der Waals surface area contributed by atoms with E-state index in [1.54, 1.807) is 0 Å². The minimum Gasteiger partial charge on any atom is -0.768 e. The van der Waals surface area contributed by atoms with Crippen LogP contribution in [-0.2, 0) is 11.1 Å². The van der Waals surface area contributed by atoms with Gasteiger partial charge in [-0.15, -0.1) is 0 Å². The van der Waals surface area contributed by atoms with Gasteiger partial charge in [0.05, 0.1) is 0 Å². The first-order chi connectivity index (χ1) is 6.15. The molecule has 1 unspecified atom stereocenters. The number of nitrogens with one attached hydrogen (secondary N) is 1. The third-order valence-electron chi connectivity index (χ3n) is 1.42. The molecule has 0 aliphatic heterocycles. The monoisotopic (exact) mass is 199 g/mol.